The van der Waals surface area contributed by atoms with E-state index in [4.69, 9.17) is 9.84 Å². The van der Waals surface area contributed by atoms with Crippen LogP contribution in [0.1, 0.15) is 33.1 Å². The van der Waals surface area contributed by atoms with E-state index in [1.165, 1.54) is 0 Å². The van der Waals surface area contributed by atoms with Crippen LogP contribution in [0.2, 0.25) is 0 Å². The van der Waals surface area contributed by atoms with E-state index in [1.807, 2.05) is 24.3 Å². The Balaban J connectivity index is 1.90. The zero-order chi connectivity index (χ0) is 17.7. The van der Waals surface area contributed by atoms with E-state index in [2.05, 4.69) is 10.2 Å². The fraction of sp³-hybridized carbons (Fsp3) is 0.556. The molecule has 0 aromatic heterocycles. The highest BCUT2D eigenvalue weighted by atomic mass is 16.5. The van der Waals surface area contributed by atoms with Crippen LogP contribution in [0.25, 0.3) is 0 Å². The third-order valence-corrected chi connectivity index (χ3v) is 4.25. The lowest BCUT2D eigenvalue weighted by Crippen LogP contribution is -2.39. The van der Waals surface area contributed by atoms with Gasteiger partial charge in [-0.25, -0.2) is 0 Å². The van der Waals surface area contributed by atoms with Crippen LogP contribution in [-0.4, -0.2) is 43.2 Å². The first-order valence-corrected chi connectivity index (χ1v) is 8.20. The number of carbonyl (C=O) groups is 2. The van der Waals surface area contributed by atoms with E-state index in [9.17, 15) is 9.59 Å². The molecule has 1 fully saturated rings. The molecule has 1 aromatic carbocycles. The fourth-order valence-corrected chi connectivity index (χ4v) is 3.17. The highest BCUT2D eigenvalue weighted by Crippen LogP contribution is 2.30. The summed E-state index contributed by atoms with van der Waals surface area (Å²) in [6.07, 6.45) is 1.06. The van der Waals surface area contributed by atoms with Crippen molar-refractivity contribution >= 4 is 17.6 Å². The molecule has 1 atom stereocenters. The monoisotopic (exact) mass is 334 g/mol. The maximum Gasteiger partial charge on any atom is 0.303 e. The van der Waals surface area contributed by atoms with Gasteiger partial charge in [-0.3, -0.25) is 9.59 Å². The SMILES string of the molecule is COc1ccccc1N1CC[C@@H](NC(=O)CC(C)(C)CC(=O)O)C1. The van der Waals surface area contributed by atoms with E-state index in [0.29, 0.717) is 0 Å². The number of nitrogens with one attached hydrogen (secondary N) is 1. The van der Waals surface area contributed by atoms with E-state index >= 15 is 0 Å². The largest absolute Gasteiger partial charge is 0.495 e. The Labute approximate surface area is 142 Å². The Hall–Kier alpha value is -2.24. The van der Waals surface area contributed by atoms with Crippen molar-refractivity contribution in [3.63, 3.8) is 0 Å². The maximum absolute atomic E-state index is 12.2. The first kappa shape index (κ1) is 18.1. The summed E-state index contributed by atoms with van der Waals surface area (Å²) in [5.74, 6) is -0.142. The molecule has 0 unspecified atom stereocenters. The van der Waals surface area contributed by atoms with Crippen LogP contribution in [0.3, 0.4) is 0 Å². The van der Waals surface area contributed by atoms with Crippen molar-refractivity contribution in [2.75, 3.05) is 25.1 Å². The molecule has 1 amide bonds. The molecule has 132 valence electrons. The number of aliphatic carboxylic acids is 1. The van der Waals surface area contributed by atoms with Crippen molar-refractivity contribution in [3.8, 4) is 5.75 Å². The molecule has 0 radical (unpaired) electrons. The van der Waals surface area contributed by atoms with Gasteiger partial charge in [0.05, 0.1) is 19.2 Å². The Morgan fingerprint density at radius 2 is 2.04 bits per heavy atom. The van der Waals surface area contributed by atoms with Gasteiger partial charge in [-0.05, 0) is 24.0 Å². The number of carboxylic acid groups (broad SMARTS) is 1. The van der Waals surface area contributed by atoms with Gasteiger partial charge in [-0.15, -0.1) is 0 Å². The number of rotatable bonds is 7. The number of carboxylic acids is 1. The molecule has 1 aliphatic rings. The van der Waals surface area contributed by atoms with Crippen LogP contribution >= 0.6 is 0 Å². The summed E-state index contributed by atoms with van der Waals surface area (Å²) < 4.78 is 5.39. The van der Waals surface area contributed by atoms with Crippen LogP contribution in [0.4, 0.5) is 5.69 Å². The van der Waals surface area contributed by atoms with E-state index in [-0.39, 0.29) is 24.8 Å². The molecule has 1 aromatic rings. The molecule has 0 saturated carbocycles. The molecule has 1 heterocycles. The molecule has 0 spiro atoms. The van der Waals surface area contributed by atoms with Gasteiger partial charge in [0.25, 0.3) is 0 Å². The number of nitrogens with zero attached hydrogens (tertiary/aromatic N) is 1. The highest BCUT2D eigenvalue weighted by molar-refractivity contribution is 5.78. The zero-order valence-electron chi connectivity index (χ0n) is 14.5. The average molecular weight is 334 g/mol. The Morgan fingerprint density at radius 3 is 2.71 bits per heavy atom. The van der Waals surface area contributed by atoms with Crippen molar-refractivity contribution < 1.29 is 19.4 Å². The van der Waals surface area contributed by atoms with Crippen molar-refractivity contribution in [3.05, 3.63) is 24.3 Å². The number of hydrogen-bond acceptors (Lipinski definition) is 4. The predicted octanol–water partition coefficient (Wildman–Crippen LogP) is 2.28. The quantitative estimate of drug-likeness (QED) is 0.800. The molecular weight excluding hydrogens is 308 g/mol. The van der Waals surface area contributed by atoms with Gasteiger partial charge >= 0.3 is 5.97 Å². The number of carbonyl (C=O) groups excluding carboxylic acids is 1. The number of amides is 1. The smallest absolute Gasteiger partial charge is 0.303 e. The van der Waals surface area contributed by atoms with Gasteiger partial charge in [0.2, 0.25) is 5.91 Å². The first-order chi connectivity index (χ1) is 11.3. The van der Waals surface area contributed by atoms with Crippen LogP contribution < -0.4 is 15.0 Å². The summed E-state index contributed by atoms with van der Waals surface area (Å²) in [4.78, 5) is 25.3. The number of hydrogen-bond donors (Lipinski definition) is 2. The molecular formula is C18H26N2O4. The molecule has 6 nitrogen and oxygen atoms in total. The number of para-hydroxylation sites is 2. The summed E-state index contributed by atoms with van der Waals surface area (Å²) in [6, 6.07) is 7.91. The Kier molecular flexibility index (Phi) is 5.70. The lowest BCUT2D eigenvalue weighted by atomic mass is 9.85. The minimum atomic E-state index is -0.879. The number of ether oxygens (including phenoxy) is 1. The van der Waals surface area contributed by atoms with Gasteiger partial charge in [0.15, 0.2) is 0 Å². The summed E-state index contributed by atoms with van der Waals surface area (Å²) in [5.41, 5.74) is 0.486. The predicted molar refractivity (Wildman–Crippen MR) is 92.4 cm³/mol. The minimum absolute atomic E-state index is 0.0155. The van der Waals surface area contributed by atoms with E-state index in [0.717, 1.165) is 30.9 Å². The average Bonchev–Trinajstić information content (AvgIpc) is 2.93. The van der Waals surface area contributed by atoms with Gasteiger partial charge in [0, 0.05) is 25.6 Å². The molecule has 2 rings (SSSR count). The second-order valence-corrected chi connectivity index (χ2v) is 7.08. The molecule has 1 aliphatic heterocycles. The van der Waals surface area contributed by atoms with Crippen molar-refractivity contribution in [2.45, 2.75) is 39.2 Å². The number of anilines is 1. The zero-order valence-corrected chi connectivity index (χ0v) is 14.5. The van der Waals surface area contributed by atoms with Crippen LogP contribution in [0.5, 0.6) is 5.75 Å². The minimum Gasteiger partial charge on any atom is -0.495 e. The summed E-state index contributed by atoms with van der Waals surface area (Å²) in [7, 11) is 1.65. The van der Waals surface area contributed by atoms with Crippen LogP contribution in [-0.2, 0) is 9.59 Å². The van der Waals surface area contributed by atoms with Crippen molar-refractivity contribution in [2.24, 2.45) is 5.41 Å². The maximum atomic E-state index is 12.2. The number of methoxy groups -OCH3 is 1. The molecule has 24 heavy (non-hydrogen) atoms. The van der Waals surface area contributed by atoms with Crippen LogP contribution in [0, 0.1) is 5.41 Å². The topological polar surface area (TPSA) is 78.9 Å². The summed E-state index contributed by atoms with van der Waals surface area (Å²) in [5, 5.41) is 11.9. The third kappa shape index (κ3) is 4.88. The van der Waals surface area contributed by atoms with E-state index < -0.39 is 11.4 Å². The van der Waals surface area contributed by atoms with Gasteiger partial charge < -0.3 is 20.1 Å². The van der Waals surface area contributed by atoms with Crippen LogP contribution in [0.15, 0.2) is 24.3 Å². The second kappa shape index (κ2) is 7.55. The molecule has 0 bridgehead atoms. The Bertz CT molecular complexity index is 600. The lowest BCUT2D eigenvalue weighted by Gasteiger charge is -2.24. The highest BCUT2D eigenvalue weighted by Gasteiger charge is 2.29. The molecule has 0 aliphatic carbocycles. The normalized spacial score (nSPS) is 17.6. The first-order valence-electron chi connectivity index (χ1n) is 8.20. The third-order valence-electron chi connectivity index (χ3n) is 4.25. The molecule has 1 saturated heterocycles. The second-order valence-electron chi connectivity index (χ2n) is 7.08. The fourth-order valence-electron chi connectivity index (χ4n) is 3.17. The lowest BCUT2D eigenvalue weighted by molar-refractivity contribution is -0.139. The van der Waals surface area contributed by atoms with Gasteiger partial charge in [-0.1, -0.05) is 26.0 Å². The van der Waals surface area contributed by atoms with Gasteiger partial charge in [-0.2, -0.15) is 0 Å². The summed E-state index contributed by atoms with van der Waals surface area (Å²) >= 11 is 0. The standard InChI is InChI=1S/C18H26N2O4/c1-18(2,11-17(22)23)10-16(21)19-13-8-9-20(12-13)14-6-4-5-7-15(14)24-3/h4-7,13H,8-12H2,1-3H3,(H,19,21)(H,22,23)/t13-/m1/s1. The molecule has 6 heteroatoms. The summed E-state index contributed by atoms with van der Waals surface area (Å²) in [6.45, 7) is 5.18. The molecule has 2 N–H and O–H groups in total. The van der Waals surface area contributed by atoms with E-state index in [1.54, 1.807) is 21.0 Å². The van der Waals surface area contributed by atoms with Gasteiger partial charge in [0.1, 0.15) is 5.75 Å². The van der Waals surface area contributed by atoms with Crippen molar-refractivity contribution in [1.82, 2.24) is 5.32 Å². The van der Waals surface area contributed by atoms with Crippen molar-refractivity contribution in [1.29, 1.82) is 0 Å². The Morgan fingerprint density at radius 1 is 1.33 bits per heavy atom. The number of benzene rings is 1.